The number of benzene rings is 2. The summed E-state index contributed by atoms with van der Waals surface area (Å²) in [6.45, 7) is 1.96. The number of halogens is 2. The lowest BCUT2D eigenvalue weighted by molar-refractivity contribution is 0.104. The van der Waals surface area contributed by atoms with Gasteiger partial charge in [-0.2, -0.15) is 0 Å². The second-order valence-corrected chi connectivity index (χ2v) is 7.10. The van der Waals surface area contributed by atoms with Gasteiger partial charge in [-0.15, -0.1) is 11.3 Å². The highest BCUT2D eigenvalue weighted by Crippen LogP contribution is 2.34. The fraction of sp³-hybridized carbons (Fsp3) is 0.0625. The van der Waals surface area contributed by atoms with Gasteiger partial charge in [-0.25, -0.2) is 0 Å². The van der Waals surface area contributed by atoms with Crippen LogP contribution in [0.25, 0.3) is 10.1 Å². The molecule has 4 heteroatoms. The first kappa shape index (κ1) is 14.0. The molecule has 0 radical (unpaired) electrons. The second-order valence-electron chi connectivity index (χ2n) is 4.51. The van der Waals surface area contributed by atoms with E-state index in [1.807, 2.05) is 48.7 Å². The molecule has 0 saturated carbocycles. The van der Waals surface area contributed by atoms with E-state index in [1.54, 1.807) is 11.3 Å². The van der Waals surface area contributed by atoms with Gasteiger partial charge in [0.1, 0.15) is 0 Å². The molecule has 0 unspecified atom stereocenters. The minimum atomic E-state index is 0.0770. The molecule has 1 heterocycles. The summed E-state index contributed by atoms with van der Waals surface area (Å²) in [5.41, 5.74) is 2.50. The van der Waals surface area contributed by atoms with Gasteiger partial charge in [0.2, 0.25) is 0 Å². The maximum Gasteiger partial charge on any atom is 0.194 e. The summed E-state index contributed by atoms with van der Waals surface area (Å²) in [7, 11) is 0. The van der Waals surface area contributed by atoms with Crippen LogP contribution in [-0.4, -0.2) is 5.78 Å². The largest absolute Gasteiger partial charge is 0.289 e. The number of rotatable bonds is 2. The van der Waals surface area contributed by atoms with Crippen molar-refractivity contribution in [2.24, 2.45) is 0 Å². The number of carbonyl (C=O) groups excluding carboxylic acids is 1. The third-order valence-electron chi connectivity index (χ3n) is 3.31. The van der Waals surface area contributed by atoms with Crippen LogP contribution in [-0.2, 0) is 0 Å². The molecule has 20 heavy (non-hydrogen) atoms. The third-order valence-corrected chi connectivity index (χ3v) is 6.12. The van der Waals surface area contributed by atoms with E-state index in [4.69, 9.17) is 0 Å². The smallest absolute Gasteiger partial charge is 0.194 e. The van der Waals surface area contributed by atoms with E-state index in [1.165, 1.54) is 0 Å². The second kappa shape index (κ2) is 5.43. The van der Waals surface area contributed by atoms with Crippen molar-refractivity contribution in [3.05, 3.63) is 67.4 Å². The quantitative estimate of drug-likeness (QED) is 0.476. The number of carbonyl (C=O) groups is 1. The number of thiophene rings is 1. The van der Waals surface area contributed by atoms with Crippen molar-refractivity contribution < 1.29 is 4.79 Å². The van der Waals surface area contributed by atoms with Crippen LogP contribution < -0.4 is 0 Å². The zero-order valence-corrected chi connectivity index (χ0v) is 14.6. The van der Waals surface area contributed by atoms with Crippen molar-refractivity contribution in [1.82, 2.24) is 0 Å². The molecular formula is C16H10Br2OS. The molecule has 0 amide bonds. The Bertz CT molecular complexity index is 820. The van der Waals surface area contributed by atoms with Crippen molar-refractivity contribution in [2.45, 2.75) is 6.92 Å². The van der Waals surface area contributed by atoms with E-state index < -0.39 is 0 Å². The lowest BCUT2D eigenvalue weighted by Gasteiger charge is -2.06. The first-order valence-corrected chi connectivity index (χ1v) is 8.51. The van der Waals surface area contributed by atoms with Crippen molar-refractivity contribution in [1.29, 1.82) is 0 Å². The lowest BCUT2D eigenvalue weighted by atomic mass is 9.99. The summed E-state index contributed by atoms with van der Waals surface area (Å²) in [5.74, 6) is 0.0770. The molecule has 100 valence electrons. The SMILES string of the molecule is Cc1c(Br)cccc1C(=O)c1csc2c(Br)cccc12. The van der Waals surface area contributed by atoms with Crippen LogP contribution in [0.1, 0.15) is 21.5 Å². The minimum Gasteiger partial charge on any atom is -0.289 e. The summed E-state index contributed by atoms with van der Waals surface area (Å²) < 4.78 is 3.11. The molecule has 0 N–H and O–H groups in total. The molecule has 0 bridgehead atoms. The number of hydrogen-bond donors (Lipinski definition) is 0. The summed E-state index contributed by atoms with van der Waals surface area (Å²) in [6, 6.07) is 11.7. The molecule has 0 aliphatic carbocycles. The molecule has 1 nitrogen and oxygen atoms in total. The molecule has 2 aromatic carbocycles. The maximum absolute atomic E-state index is 12.8. The molecule has 0 atom stereocenters. The van der Waals surface area contributed by atoms with E-state index in [0.29, 0.717) is 0 Å². The highest BCUT2D eigenvalue weighted by atomic mass is 79.9. The Balaban J connectivity index is 2.18. The fourth-order valence-corrected chi connectivity index (χ4v) is 4.16. The summed E-state index contributed by atoms with van der Waals surface area (Å²) in [5, 5.41) is 2.95. The lowest BCUT2D eigenvalue weighted by Crippen LogP contribution is -2.03. The fourth-order valence-electron chi connectivity index (χ4n) is 2.20. The van der Waals surface area contributed by atoms with Crippen LogP contribution in [0, 0.1) is 6.92 Å². The molecule has 0 saturated heterocycles. The van der Waals surface area contributed by atoms with Crippen LogP contribution in [0.5, 0.6) is 0 Å². The zero-order valence-electron chi connectivity index (χ0n) is 10.6. The van der Waals surface area contributed by atoms with Gasteiger partial charge in [0.25, 0.3) is 0 Å². The van der Waals surface area contributed by atoms with Gasteiger partial charge in [0, 0.05) is 35.5 Å². The average Bonchev–Trinajstić information content (AvgIpc) is 2.86. The van der Waals surface area contributed by atoms with Gasteiger partial charge in [-0.3, -0.25) is 4.79 Å². The summed E-state index contributed by atoms with van der Waals surface area (Å²) in [4.78, 5) is 12.8. The summed E-state index contributed by atoms with van der Waals surface area (Å²) in [6.07, 6.45) is 0. The molecule has 0 fully saturated rings. The number of ketones is 1. The van der Waals surface area contributed by atoms with E-state index in [2.05, 4.69) is 31.9 Å². The maximum atomic E-state index is 12.8. The molecule has 3 aromatic rings. The van der Waals surface area contributed by atoms with Crippen LogP contribution >= 0.6 is 43.2 Å². The topological polar surface area (TPSA) is 17.1 Å². The average molecular weight is 410 g/mol. The Morgan fingerprint density at radius 3 is 2.50 bits per heavy atom. The van der Waals surface area contributed by atoms with E-state index >= 15 is 0 Å². The monoisotopic (exact) mass is 408 g/mol. The van der Waals surface area contributed by atoms with Crippen molar-refractivity contribution in [3.8, 4) is 0 Å². The molecule has 0 aliphatic heterocycles. The van der Waals surface area contributed by atoms with Gasteiger partial charge in [-0.1, -0.05) is 40.2 Å². The van der Waals surface area contributed by atoms with Crippen LogP contribution in [0.4, 0.5) is 0 Å². The Kier molecular flexibility index (Phi) is 3.80. The van der Waals surface area contributed by atoms with Crippen LogP contribution in [0.15, 0.2) is 50.7 Å². The first-order chi connectivity index (χ1) is 9.59. The number of hydrogen-bond acceptors (Lipinski definition) is 2. The van der Waals surface area contributed by atoms with Gasteiger partial charge >= 0.3 is 0 Å². The van der Waals surface area contributed by atoms with E-state index in [-0.39, 0.29) is 5.78 Å². The van der Waals surface area contributed by atoms with Crippen LogP contribution in [0.3, 0.4) is 0 Å². The predicted octanol–water partition coefficient (Wildman–Crippen LogP) is 5.97. The molecule has 1 aromatic heterocycles. The Labute approximate surface area is 137 Å². The van der Waals surface area contributed by atoms with Gasteiger partial charge < -0.3 is 0 Å². The van der Waals surface area contributed by atoms with Crippen molar-refractivity contribution >= 4 is 59.1 Å². The third kappa shape index (κ3) is 2.26. The van der Waals surface area contributed by atoms with Gasteiger partial charge in [-0.05, 0) is 40.5 Å². The van der Waals surface area contributed by atoms with Crippen molar-refractivity contribution in [2.75, 3.05) is 0 Å². The van der Waals surface area contributed by atoms with E-state index in [0.717, 1.165) is 35.7 Å². The molecule has 0 spiro atoms. The Hall–Kier alpha value is -0.970. The molecule has 0 aliphatic rings. The zero-order chi connectivity index (χ0) is 14.3. The molecular weight excluding hydrogens is 400 g/mol. The first-order valence-electron chi connectivity index (χ1n) is 6.05. The van der Waals surface area contributed by atoms with E-state index in [9.17, 15) is 4.79 Å². The van der Waals surface area contributed by atoms with Gasteiger partial charge in [0.05, 0.1) is 0 Å². The number of fused-ring (bicyclic) bond motifs is 1. The van der Waals surface area contributed by atoms with Crippen LogP contribution in [0.2, 0.25) is 0 Å². The predicted molar refractivity (Wildman–Crippen MR) is 91.8 cm³/mol. The molecule has 3 rings (SSSR count). The Morgan fingerprint density at radius 2 is 1.70 bits per heavy atom. The summed E-state index contributed by atoms with van der Waals surface area (Å²) >= 11 is 8.61. The van der Waals surface area contributed by atoms with Crippen molar-refractivity contribution in [3.63, 3.8) is 0 Å². The normalized spacial score (nSPS) is 10.9. The Morgan fingerprint density at radius 1 is 1.00 bits per heavy atom. The highest BCUT2D eigenvalue weighted by Gasteiger charge is 2.17. The van der Waals surface area contributed by atoms with Gasteiger partial charge in [0.15, 0.2) is 5.78 Å². The minimum absolute atomic E-state index is 0.0770. The standard InChI is InChI=1S/C16H10Br2OS/c1-9-10(4-2-6-13(9)17)15(19)12-8-20-16-11(12)5-3-7-14(16)18/h2-8H,1H3. The highest BCUT2D eigenvalue weighted by molar-refractivity contribution is 9.11.